The van der Waals surface area contributed by atoms with Crippen molar-refractivity contribution in [1.29, 1.82) is 0 Å². The maximum atomic E-state index is 12.8. The highest BCUT2D eigenvalue weighted by Crippen LogP contribution is 2.41. The topological polar surface area (TPSA) is 66.8 Å². The van der Waals surface area contributed by atoms with E-state index in [0.29, 0.717) is 11.8 Å². The molecule has 1 aliphatic heterocycles. The Morgan fingerprint density at radius 3 is 2.78 bits per heavy atom. The predicted octanol–water partition coefficient (Wildman–Crippen LogP) is 4.06. The molecule has 1 aliphatic carbocycles. The third kappa shape index (κ3) is 3.25. The van der Waals surface area contributed by atoms with Crippen LogP contribution in [0.2, 0.25) is 0 Å². The van der Waals surface area contributed by atoms with Crippen molar-refractivity contribution in [2.75, 3.05) is 23.7 Å². The van der Waals surface area contributed by atoms with E-state index in [0.717, 1.165) is 40.7 Å². The van der Waals surface area contributed by atoms with Gasteiger partial charge < -0.3 is 9.88 Å². The van der Waals surface area contributed by atoms with Crippen molar-refractivity contribution in [1.82, 2.24) is 19.7 Å². The van der Waals surface area contributed by atoms with Crippen LogP contribution in [-0.4, -0.2) is 44.4 Å². The van der Waals surface area contributed by atoms with Gasteiger partial charge in [-0.1, -0.05) is 30.0 Å². The van der Waals surface area contributed by atoms with E-state index in [4.69, 9.17) is 0 Å². The van der Waals surface area contributed by atoms with Crippen LogP contribution in [0.25, 0.3) is 10.9 Å². The Bertz CT molecular complexity index is 968. The number of piperidine rings is 1. The molecule has 0 amide bonds. The molecule has 2 aliphatic rings. The van der Waals surface area contributed by atoms with Gasteiger partial charge in [0.2, 0.25) is 5.95 Å². The van der Waals surface area contributed by atoms with E-state index in [-0.39, 0.29) is 5.78 Å². The second-order valence-corrected chi connectivity index (χ2v) is 8.33. The minimum atomic E-state index is 0.127. The van der Waals surface area contributed by atoms with Gasteiger partial charge in [-0.25, -0.2) is 0 Å². The number of nitrogens with one attached hydrogen (secondary N) is 1. The summed E-state index contributed by atoms with van der Waals surface area (Å²) in [4.78, 5) is 18.3. The average Bonchev–Trinajstić information content (AvgIpc) is 3.31. The van der Waals surface area contributed by atoms with Crippen molar-refractivity contribution in [2.24, 2.45) is 0 Å². The Morgan fingerprint density at radius 2 is 1.96 bits per heavy atom. The van der Waals surface area contributed by atoms with Crippen molar-refractivity contribution in [3.05, 3.63) is 36.0 Å². The first-order chi connectivity index (χ1) is 13.3. The molecule has 0 atom stereocenters. The normalized spacial score (nSPS) is 17.6. The summed E-state index contributed by atoms with van der Waals surface area (Å²) in [6, 6.07) is 8.43. The number of aromatic nitrogens is 4. The zero-order chi connectivity index (χ0) is 18.2. The summed E-state index contributed by atoms with van der Waals surface area (Å²) in [5.74, 6) is 1.51. The van der Waals surface area contributed by atoms with Crippen LogP contribution in [0.3, 0.4) is 0 Å². The molecule has 1 aromatic carbocycles. The molecule has 1 saturated carbocycles. The highest BCUT2D eigenvalue weighted by Gasteiger charge is 2.32. The lowest BCUT2D eigenvalue weighted by Gasteiger charge is -2.27. The predicted molar refractivity (Wildman–Crippen MR) is 108 cm³/mol. The number of carbonyl (C=O) groups is 1. The summed E-state index contributed by atoms with van der Waals surface area (Å²) in [5, 5.41) is 10.8. The number of para-hydroxylation sites is 1. The number of aromatic amines is 1. The highest BCUT2D eigenvalue weighted by molar-refractivity contribution is 7.99. The van der Waals surface area contributed by atoms with E-state index in [1.54, 1.807) is 0 Å². The molecule has 27 heavy (non-hydrogen) atoms. The lowest BCUT2D eigenvalue weighted by molar-refractivity contribution is 0.102. The van der Waals surface area contributed by atoms with Crippen molar-refractivity contribution in [3.63, 3.8) is 0 Å². The van der Waals surface area contributed by atoms with Gasteiger partial charge in [0.05, 0.1) is 5.75 Å². The molecule has 2 fully saturated rings. The summed E-state index contributed by atoms with van der Waals surface area (Å²) in [6.07, 6.45) is 7.93. The molecule has 1 saturated heterocycles. The van der Waals surface area contributed by atoms with Gasteiger partial charge in [0.1, 0.15) is 0 Å². The Kier molecular flexibility index (Phi) is 4.39. The van der Waals surface area contributed by atoms with Crippen LogP contribution in [0.1, 0.15) is 48.5 Å². The number of anilines is 1. The maximum absolute atomic E-state index is 12.8. The van der Waals surface area contributed by atoms with E-state index < -0.39 is 0 Å². The molecular weight excluding hydrogens is 358 g/mol. The van der Waals surface area contributed by atoms with Gasteiger partial charge in [-0.05, 0) is 38.2 Å². The van der Waals surface area contributed by atoms with Crippen molar-refractivity contribution < 1.29 is 4.79 Å². The quantitative estimate of drug-likeness (QED) is 0.515. The van der Waals surface area contributed by atoms with E-state index in [1.165, 1.54) is 43.9 Å². The Hall–Kier alpha value is -2.28. The Labute approximate surface area is 162 Å². The number of hydrogen-bond donors (Lipinski definition) is 1. The molecule has 3 aromatic rings. The third-order valence-corrected chi connectivity index (χ3v) is 6.36. The zero-order valence-electron chi connectivity index (χ0n) is 15.2. The number of fused-ring (bicyclic) bond motifs is 1. The van der Waals surface area contributed by atoms with Crippen molar-refractivity contribution in [2.45, 2.75) is 43.3 Å². The fourth-order valence-corrected chi connectivity index (χ4v) is 4.72. The van der Waals surface area contributed by atoms with E-state index in [9.17, 15) is 4.79 Å². The molecule has 0 unspecified atom stereocenters. The summed E-state index contributed by atoms with van der Waals surface area (Å²) in [6.45, 7) is 2.12. The van der Waals surface area contributed by atoms with Crippen molar-refractivity contribution >= 4 is 34.4 Å². The fraction of sp³-hybridized carbons (Fsp3) is 0.450. The van der Waals surface area contributed by atoms with Crippen LogP contribution in [0.15, 0.2) is 35.6 Å². The number of benzene rings is 1. The second-order valence-electron chi connectivity index (χ2n) is 7.39. The van der Waals surface area contributed by atoms with Gasteiger partial charge in [-0.2, -0.15) is 0 Å². The van der Waals surface area contributed by atoms with Crippen LogP contribution in [-0.2, 0) is 0 Å². The largest absolute Gasteiger partial charge is 0.360 e. The van der Waals surface area contributed by atoms with Gasteiger partial charge in [-0.3, -0.25) is 9.36 Å². The van der Waals surface area contributed by atoms with Gasteiger partial charge in [0, 0.05) is 41.8 Å². The molecule has 3 heterocycles. The van der Waals surface area contributed by atoms with Crippen LogP contribution >= 0.6 is 11.8 Å². The lowest BCUT2D eigenvalue weighted by atomic mass is 10.1. The van der Waals surface area contributed by atoms with Gasteiger partial charge in [-0.15, -0.1) is 10.2 Å². The molecule has 0 bridgehead atoms. The van der Waals surface area contributed by atoms with Crippen LogP contribution in [0, 0.1) is 0 Å². The maximum Gasteiger partial charge on any atom is 0.228 e. The summed E-state index contributed by atoms with van der Waals surface area (Å²) < 4.78 is 2.28. The number of rotatable bonds is 6. The van der Waals surface area contributed by atoms with Crippen molar-refractivity contribution in [3.8, 4) is 0 Å². The number of Topliss-reactive ketones (excluding diaryl/α,β-unsaturated/α-hetero) is 1. The first-order valence-corrected chi connectivity index (χ1v) is 10.7. The number of hydrogen-bond acceptors (Lipinski definition) is 5. The zero-order valence-corrected chi connectivity index (χ0v) is 16.0. The number of H-pyrrole nitrogens is 1. The summed E-state index contributed by atoms with van der Waals surface area (Å²) in [5.41, 5.74) is 1.76. The molecule has 6 nitrogen and oxygen atoms in total. The minimum Gasteiger partial charge on any atom is -0.360 e. The molecule has 0 spiro atoms. The average molecular weight is 382 g/mol. The molecule has 0 radical (unpaired) electrons. The molecule has 1 N–H and O–H groups in total. The molecule has 2 aromatic heterocycles. The second kappa shape index (κ2) is 7.03. The van der Waals surface area contributed by atoms with Gasteiger partial charge in [0.25, 0.3) is 0 Å². The Balaban J connectivity index is 1.35. The first-order valence-electron chi connectivity index (χ1n) is 9.73. The third-order valence-electron chi connectivity index (χ3n) is 5.42. The number of carbonyl (C=O) groups excluding carboxylic acids is 1. The molecule has 140 valence electrons. The van der Waals surface area contributed by atoms with E-state index in [1.807, 2.05) is 30.5 Å². The number of thioether (sulfide) groups is 1. The monoisotopic (exact) mass is 381 g/mol. The first kappa shape index (κ1) is 16.9. The smallest absolute Gasteiger partial charge is 0.228 e. The van der Waals surface area contributed by atoms with Crippen LogP contribution < -0.4 is 4.90 Å². The standard InChI is InChI=1S/C20H23N5OS/c26-18(16-12-21-17-7-3-2-6-15(16)17)13-27-20-23-22-19(25(20)14-8-9-14)24-10-4-1-5-11-24/h2-3,6-7,12,14,21H,1,4-5,8-11,13H2. The Morgan fingerprint density at radius 1 is 1.15 bits per heavy atom. The SMILES string of the molecule is O=C(CSc1nnc(N2CCCCC2)n1C1CC1)c1c[nH]c2ccccc12. The minimum absolute atomic E-state index is 0.127. The molecule has 7 heteroatoms. The number of ketones is 1. The molecular formula is C20H23N5OS. The summed E-state index contributed by atoms with van der Waals surface area (Å²) >= 11 is 1.51. The fourth-order valence-electron chi connectivity index (χ4n) is 3.84. The van der Waals surface area contributed by atoms with E-state index in [2.05, 4.69) is 24.6 Å². The molecule has 5 rings (SSSR count). The van der Waals surface area contributed by atoms with Crippen LogP contribution in [0.5, 0.6) is 0 Å². The van der Waals surface area contributed by atoms with Gasteiger partial charge in [0.15, 0.2) is 10.9 Å². The number of nitrogens with zero attached hydrogens (tertiary/aromatic N) is 4. The lowest BCUT2D eigenvalue weighted by Crippen LogP contribution is -2.31. The van der Waals surface area contributed by atoms with Crippen LogP contribution in [0.4, 0.5) is 5.95 Å². The highest BCUT2D eigenvalue weighted by atomic mass is 32.2. The van der Waals surface area contributed by atoms with E-state index >= 15 is 0 Å². The van der Waals surface area contributed by atoms with Gasteiger partial charge >= 0.3 is 0 Å². The summed E-state index contributed by atoms with van der Waals surface area (Å²) in [7, 11) is 0.